The summed E-state index contributed by atoms with van der Waals surface area (Å²) in [6.07, 6.45) is 0. The average molecular weight is 271 g/mol. The molecule has 0 amide bonds. The summed E-state index contributed by atoms with van der Waals surface area (Å²) >= 11 is 0. The molecule has 0 aliphatic rings. The van der Waals surface area contributed by atoms with E-state index in [-0.39, 0.29) is 11.2 Å². The maximum Gasteiger partial charge on any atom is 0.232 e. The van der Waals surface area contributed by atoms with E-state index in [2.05, 4.69) is 25.5 Å². The third-order valence-corrected chi connectivity index (χ3v) is 3.97. The van der Waals surface area contributed by atoms with Crippen LogP contribution in [0.2, 0.25) is 0 Å². The zero-order valence-corrected chi connectivity index (χ0v) is 12.4. The molecule has 18 heavy (non-hydrogen) atoms. The van der Waals surface area contributed by atoms with Gasteiger partial charge in [-0.05, 0) is 30.5 Å². The lowest BCUT2D eigenvalue weighted by Gasteiger charge is -2.23. The van der Waals surface area contributed by atoms with Crippen molar-refractivity contribution in [3.8, 4) is 5.75 Å². The molecule has 1 rings (SSSR count). The molecule has 0 saturated carbocycles. The van der Waals surface area contributed by atoms with E-state index in [0.29, 0.717) is 5.69 Å². The summed E-state index contributed by atoms with van der Waals surface area (Å²) in [5.41, 5.74) is 1.43. The molecule has 0 saturated heterocycles. The average Bonchev–Trinajstić information content (AvgIpc) is 2.27. The molecule has 0 bridgehead atoms. The van der Waals surface area contributed by atoms with Crippen molar-refractivity contribution >= 4 is 15.7 Å². The minimum Gasteiger partial charge on any atom is -0.496 e. The number of methoxy groups -OCH3 is 1. The van der Waals surface area contributed by atoms with Gasteiger partial charge in [-0.25, -0.2) is 8.42 Å². The fourth-order valence-electron chi connectivity index (χ4n) is 1.61. The second-order valence-corrected chi connectivity index (χ2v) is 7.18. The van der Waals surface area contributed by atoms with Crippen molar-refractivity contribution < 1.29 is 13.2 Å². The molecule has 1 aromatic carbocycles. The molecular formula is C13H21NO3S. The third kappa shape index (κ3) is 3.63. The first-order valence-electron chi connectivity index (χ1n) is 5.88. The summed E-state index contributed by atoms with van der Waals surface area (Å²) in [6, 6.07) is 5.32. The van der Waals surface area contributed by atoms with Gasteiger partial charge >= 0.3 is 0 Å². The van der Waals surface area contributed by atoms with Crippen LogP contribution in [0.15, 0.2) is 18.2 Å². The Morgan fingerprint density at radius 1 is 1.28 bits per heavy atom. The molecule has 0 aromatic heterocycles. The summed E-state index contributed by atoms with van der Waals surface area (Å²) in [5, 5.41) is 0. The van der Waals surface area contributed by atoms with Gasteiger partial charge in [0.05, 0.1) is 12.9 Å². The van der Waals surface area contributed by atoms with Crippen LogP contribution in [0.5, 0.6) is 5.75 Å². The summed E-state index contributed by atoms with van der Waals surface area (Å²) < 4.78 is 30.9. The highest BCUT2D eigenvalue weighted by Gasteiger charge is 2.20. The minimum atomic E-state index is -3.25. The fourth-order valence-corrected chi connectivity index (χ4v) is 2.24. The molecule has 0 fully saturated rings. The molecule has 1 N–H and O–H groups in total. The lowest BCUT2D eigenvalue weighted by molar-refractivity contribution is 0.397. The number of hydrogen-bond acceptors (Lipinski definition) is 3. The summed E-state index contributed by atoms with van der Waals surface area (Å²) in [5.74, 6) is 0.825. The molecule has 0 radical (unpaired) electrons. The predicted octanol–water partition coefficient (Wildman–Crippen LogP) is 2.75. The SMILES string of the molecule is CCS(=O)(=O)Nc1ccc(OC)c(C(C)(C)C)c1. The third-order valence-electron chi connectivity index (χ3n) is 2.66. The van der Waals surface area contributed by atoms with Crippen LogP contribution in [0.1, 0.15) is 33.3 Å². The van der Waals surface area contributed by atoms with Gasteiger partial charge in [-0.3, -0.25) is 4.72 Å². The lowest BCUT2D eigenvalue weighted by Crippen LogP contribution is -2.17. The van der Waals surface area contributed by atoms with Gasteiger partial charge in [0.1, 0.15) is 5.75 Å². The molecule has 1 aromatic rings. The molecule has 0 aliphatic carbocycles. The molecule has 4 nitrogen and oxygen atoms in total. The lowest BCUT2D eigenvalue weighted by atomic mass is 9.86. The Morgan fingerprint density at radius 3 is 2.33 bits per heavy atom. The second-order valence-electron chi connectivity index (χ2n) is 5.17. The molecule has 102 valence electrons. The zero-order valence-electron chi connectivity index (χ0n) is 11.6. The number of rotatable bonds is 4. The second kappa shape index (κ2) is 5.18. The van der Waals surface area contributed by atoms with Gasteiger partial charge in [0.25, 0.3) is 0 Å². The molecule has 0 spiro atoms. The zero-order chi connectivity index (χ0) is 14.0. The van der Waals surface area contributed by atoms with Gasteiger partial charge in [-0.15, -0.1) is 0 Å². The molecule has 5 heteroatoms. The summed E-state index contributed by atoms with van der Waals surface area (Å²) in [7, 11) is -1.63. The number of benzene rings is 1. The monoisotopic (exact) mass is 271 g/mol. The Kier molecular flexibility index (Phi) is 4.27. The van der Waals surface area contributed by atoms with Crippen LogP contribution in [0.4, 0.5) is 5.69 Å². The summed E-state index contributed by atoms with van der Waals surface area (Å²) in [6.45, 7) is 7.78. The van der Waals surface area contributed by atoms with Gasteiger partial charge in [0.2, 0.25) is 10.0 Å². The van der Waals surface area contributed by atoms with Gasteiger partial charge in [-0.1, -0.05) is 20.8 Å². The van der Waals surface area contributed by atoms with Crippen molar-refractivity contribution in [2.24, 2.45) is 0 Å². The largest absolute Gasteiger partial charge is 0.496 e. The minimum absolute atomic E-state index is 0.0594. The molecule has 0 aliphatic heterocycles. The number of ether oxygens (including phenoxy) is 1. The smallest absolute Gasteiger partial charge is 0.232 e. The van der Waals surface area contributed by atoms with E-state index in [0.717, 1.165) is 11.3 Å². The number of nitrogens with one attached hydrogen (secondary N) is 1. The van der Waals surface area contributed by atoms with E-state index in [9.17, 15) is 8.42 Å². The quantitative estimate of drug-likeness (QED) is 0.916. The Bertz CT molecular complexity index is 516. The summed E-state index contributed by atoms with van der Waals surface area (Å²) in [4.78, 5) is 0. The topological polar surface area (TPSA) is 55.4 Å². The van der Waals surface area contributed by atoms with Crippen molar-refractivity contribution in [1.29, 1.82) is 0 Å². The van der Waals surface area contributed by atoms with Crippen molar-refractivity contribution in [2.45, 2.75) is 33.1 Å². The van der Waals surface area contributed by atoms with Gasteiger partial charge in [-0.2, -0.15) is 0 Å². The van der Waals surface area contributed by atoms with E-state index in [1.165, 1.54) is 0 Å². The molecule has 0 heterocycles. The number of hydrogen-bond donors (Lipinski definition) is 1. The van der Waals surface area contributed by atoms with E-state index in [1.807, 2.05) is 6.07 Å². The fraction of sp³-hybridized carbons (Fsp3) is 0.538. The van der Waals surface area contributed by atoms with Crippen LogP contribution >= 0.6 is 0 Å². The number of sulfonamides is 1. The Balaban J connectivity index is 3.20. The van der Waals surface area contributed by atoms with E-state index < -0.39 is 10.0 Å². The predicted molar refractivity (Wildman–Crippen MR) is 74.8 cm³/mol. The molecule has 0 atom stereocenters. The Hall–Kier alpha value is -1.23. The van der Waals surface area contributed by atoms with Crippen molar-refractivity contribution in [1.82, 2.24) is 0 Å². The van der Waals surface area contributed by atoms with Gasteiger partial charge < -0.3 is 4.74 Å². The standard InChI is InChI=1S/C13H21NO3S/c1-6-18(15,16)14-10-7-8-12(17-5)11(9-10)13(2,3)4/h7-9,14H,6H2,1-5H3. The maximum absolute atomic E-state index is 11.5. The first-order valence-corrected chi connectivity index (χ1v) is 7.54. The van der Waals surface area contributed by atoms with Crippen LogP contribution in [-0.4, -0.2) is 21.3 Å². The van der Waals surface area contributed by atoms with E-state index >= 15 is 0 Å². The van der Waals surface area contributed by atoms with Crippen LogP contribution in [0.25, 0.3) is 0 Å². The normalized spacial score (nSPS) is 12.3. The van der Waals surface area contributed by atoms with Crippen molar-refractivity contribution in [3.05, 3.63) is 23.8 Å². The van der Waals surface area contributed by atoms with Crippen LogP contribution < -0.4 is 9.46 Å². The van der Waals surface area contributed by atoms with Gasteiger partial charge in [0, 0.05) is 11.3 Å². The first kappa shape index (κ1) is 14.8. The highest BCUT2D eigenvalue weighted by atomic mass is 32.2. The van der Waals surface area contributed by atoms with Crippen LogP contribution in [0.3, 0.4) is 0 Å². The highest BCUT2D eigenvalue weighted by molar-refractivity contribution is 7.92. The van der Waals surface area contributed by atoms with Crippen molar-refractivity contribution in [3.63, 3.8) is 0 Å². The maximum atomic E-state index is 11.5. The molecular weight excluding hydrogens is 250 g/mol. The van der Waals surface area contributed by atoms with Crippen LogP contribution in [-0.2, 0) is 15.4 Å². The molecule has 0 unspecified atom stereocenters. The first-order chi connectivity index (χ1) is 8.19. The Labute approximate surface area is 109 Å². The van der Waals surface area contributed by atoms with E-state index in [4.69, 9.17) is 4.74 Å². The number of anilines is 1. The van der Waals surface area contributed by atoms with Crippen LogP contribution in [0, 0.1) is 0 Å². The highest BCUT2D eigenvalue weighted by Crippen LogP contribution is 2.33. The van der Waals surface area contributed by atoms with E-state index in [1.54, 1.807) is 26.2 Å². The van der Waals surface area contributed by atoms with Crippen molar-refractivity contribution in [2.75, 3.05) is 17.6 Å². The van der Waals surface area contributed by atoms with Gasteiger partial charge in [0.15, 0.2) is 0 Å². The Morgan fingerprint density at radius 2 is 1.89 bits per heavy atom.